The van der Waals surface area contributed by atoms with Crippen LogP contribution in [0.25, 0.3) is 0 Å². The number of halogens is 1. The maximum Gasteiger partial charge on any atom is 0.261 e. The van der Waals surface area contributed by atoms with Crippen LogP contribution in [0.15, 0.2) is 36.4 Å². The third kappa shape index (κ3) is 6.32. The minimum absolute atomic E-state index is 0.0803. The van der Waals surface area contributed by atoms with E-state index in [1.54, 1.807) is 29.2 Å². The molecule has 3 amide bonds. The fourth-order valence-electron chi connectivity index (χ4n) is 3.74. The summed E-state index contributed by atoms with van der Waals surface area (Å²) in [6.07, 6.45) is 2.33. The molecule has 0 bridgehead atoms. The van der Waals surface area contributed by atoms with Gasteiger partial charge in [-0.3, -0.25) is 19.3 Å². The first kappa shape index (κ1) is 23.7. The van der Waals surface area contributed by atoms with Gasteiger partial charge in [0.1, 0.15) is 12.6 Å². The third-order valence-electron chi connectivity index (χ3n) is 5.76. The Hall–Kier alpha value is -2.46. The van der Waals surface area contributed by atoms with E-state index < -0.39 is 6.04 Å². The molecular weight excluding hydrogens is 464 g/mol. The van der Waals surface area contributed by atoms with E-state index in [9.17, 15) is 14.4 Å². The molecule has 0 spiro atoms. The molecule has 2 N–H and O–H groups in total. The SMILES string of the molecule is CN(CC1CC1)[C@@H](CNC(=O)c1ccc(Cl)s1)C(=O)Nc1ccc(N2CCOCC2=O)cc1. The summed E-state index contributed by atoms with van der Waals surface area (Å²) in [6, 6.07) is 10.0. The molecule has 8 nitrogen and oxygen atoms in total. The van der Waals surface area contributed by atoms with Crippen molar-refractivity contribution in [2.45, 2.75) is 18.9 Å². The highest BCUT2D eigenvalue weighted by molar-refractivity contribution is 7.18. The van der Waals surface area contributed by atoms with Gasteiger partial charge < -0.3 is 20.3 Å². The zero-order valence-corrected chi connectivity index (χ0v) is 20.0. The maximum atomic E-state index is 13.1. The summed E-state index contributed by atoms with van der Waals surface area (Å²) in [6.45, 7) is 2.08. The molecular formula is C23H27ClN4O4S. The maximum absolute atomic E-state index is 13.1. The smallest absolute Gasteiger partial charge is 0.261 e. The van der Waals surface area contributed by atoms with Gasteiger partial charge in [-0.25, -0.2) is 0 Å². The van der Waals surface area contributed by atoms with Gasteiger partial charge in [-0.2, -0.15) is 0 Å². The number of likely N-dealkylation sites (N-methyl/N-ethyl adjacent to an activating group) is 1. The van der Waals surface area contributed by atoms with Crippen LogP contribution in [0.3, 0.4) is 0 Å². The topological polar surface area (TPSA) is 91.0 Å². The molecule has 0 radical (unpaired) electrons. The number of rotatable bonds is 9. The van der Waals surface area contributed by atoms with Gasteiger partial charge in [-0.15, -0.1) is 11.3 Å². The molecule has 1 aromatic heterocycles. The summed E-state index contributed by atoms with van der Waals surface area (Å²) in [5.74, 6) is 0.0759. The van der Waals surface area contributed by atoms with Crippen LogP contribution in [-0.4, -0.2) is 68.6 Å². The van der Waals surface area contributed by atoms with Crippen LogP contribution in [-0.2, 0) is 14.3 Å². The van der Waals surface area contributed by atoms with Crippen molar-refractivity contribution in [3.05, 3.63) is 45.6 Å². The molecule has 2 fully saturated rings. The van der Waals surface area contributed by atoms with Crippen LogP contribution >= 0.6 is 22.9 Å². The Kier molecular flexibility index (Phi) is 7.64. The number of hydrogen-bond donors (Lipinski definition) is 2. The van der Waals surface area contributed by atoms with E-state index in [4.69, 9.17) is 16.3 Å². The van der Waals surface area contributed by atoms with Gasteiger partial charge in [0.05, 0.1) is 15.8 Å². The number of morpholine rings is 1. The van der Waals surface area contributed by atoms with Crippen molar-refractivity contribution in [2.24, 2.45) is 5.92 Å². The van der Waals surface area contributed by atoms with Crippen LogP contribution in [0.5, 0.6) is 0 Å². The fourth-order valence-corrected chi connectivity index (χ4v) is 4.70. The Balaban J connectivity index is 1.39. The van der Waals surface area contributed by atoms with Crippen molar-refractivity contribution >= 4 is 52.0 Å². The Morgan fingerprint density at radius 3 is 2.64 bits per heavy atom. The lowest BCUT2D eigenvalue weighted by Gasteiger charge is -2.28. The number of ether oxygens (including phenoxy) is 1. The van der Waals surface area contributed by atoms with Crippen molar-refractivity contribution in [1.29, 1.82) is 0 Å². The first-order chi connectivity index (χ1) is 15.9. The lowest BCUT2D eigenvalue weighted by Crippen LogP contribution is -2.49. The number of nitrogens with one attached hydrogen (secondary N) is 2. The largest absolute Gasteiger partial charge is 0.370 e. The molecule has 1 aliphatic carbocycles. The van der Waals surface area contributed by atoms with Crippen molar-refractivity contribution in [2.75, 3.05) is 50.1 Å². The molecule has 2 aromatic rings. The molecule has 2 heterocycles. The second kappa shape index (κ2) is 10.6. The monoisotopic (exact) mass is 490 g/mol. The molecule has 1 aromatic carbocycles. The summed E-state index contributed by atoms with van der Waals surface area (Å²) < 4.78 is 5.71. The molecule has 4 rings (SSSR count). The Labute approximate surface area is 201 Å². The Morgan fingerprint density at radius 1 is 1.24 bits per heavy atom. The van der Waals surface area contributed by atoms with E-state index in [-0.39, 0.29) is 30.9 Å². The van der Waals surface area contributed by atoms with E-state index in [2.05, 4.69) is 10.6 Å². The van der Waals surface area contributed by atoms with Crippen molar-refractivity contribution < 1.29 is 19.1 Å². The minimum atomic E-state index is -0.523. The number of thiophene rings is 1. The molecule has 2 aliphatic rings. The van der Waals surface area contributed by atoms with Crippen molar-refractivity contribution in [1.82, 2.24) is 10.2 Å². The second-order valence-electron chi connectivity index (χ2n) is 8.35. The van der Waals surface area contributed by atoms with Crippen LogP contribution in [0.2, 0.25) is 4.34 Å². The third-order valence-corrected chi connectivity index (χ3v) is 6.99. The van der Waals surface area contributed by atoms with Crippen LogP contribution < -0.4 is 15.5 Å². The zero-order valence-electron chi connectivity index (χ0n) is 18.4. The van der Waals surface area contributed by atoms with Gasteiger partial charge >= 0.3 is 0 Å². The molecule has 1 aliphatic heterocycles. The first-order valence-corrected chi connectivity index (χ1v) is 12.1. The van der Waals surface area contributed by atoms with Gasteiger partial charge in [0.15, 0.2) is 0 Å². The molecule has 176 valence electrons. The van der Waals surface area contributed by atoms with Gasteiger partial charge in [-0.05, 0) is 62.2 Å². The fraction of sp³-hybridized carbons (Fsp3) is 0.435. The number of benzene rings is 1. The standard InChI is InChI=1S/C23H27ClN4O4S/c1-27(13-15-2-3-15)18(12-25-23(31)19-8-9-20(24)33-19)22(30)26-16-4-6-17(7-5-16)28-10-11-32-14-21(28)29/h4-9,15,18H,2-3,10-14H2,1H3,(H,25,31)(H,26,30)/t18-/m0/s1. The van der Waals surface area contributed by atoms with E-state index in [1.807, 2.05) is 24.1 Å². The highest BCUT2D eigenvalue weighted by Crippen LogP contribution is 2.30. The number of nitrogens with zero attached hydrogens (tertiary/aromatic N) is 2. The number of amides is 3. The molecule has 33 heavy (non-hydrogen) atoms. The number of hydrogen-bond acceptors (Lipinski definition) is 6. The van der Waals surface area contributed by atoms with Gasteiger partial charge in [0, 0.05) is 31.0 Å². The van der Waals surface area contributed by atoms with E-state index in [0.29, 0.717) is 34.0 Å². The number of carbonyl (C=O) groups excluding carboxylic acids is 3. The summed E-state index contributed by atoms with van der Waals surface area (Å²) in [5.41, 5.74) is 1.40. The predicted molar refractivity (Wildman–Crippen MR) is 129 cm³/mol. The summed E-state index contributed by atoms with van der Waals surface area (Å²) >= 11 is 7.13. The van der Waals surface area contributed by atoms with Crippen LogP contribution in [0, 0.1) is 5.92 Å². The molecule has 1 saturated heterocycles. The average molecular weight is 491 g/mol. The molecule has 10 heteroatoms. The van der Waals surface area contributed by atoms with Crippen LogP contribution in [0.4, 0.5) is 11.4 Å². The lowest BCUT2D eigenvalue weighted by atomic mass is 10.2. The average Bonchev–Trinajstić information content (AvgIpc) is 3.50. The van der Waals surface area contributed by atoms with Gasteiger partial charge in [-0.1, -0.05) is 11.6 Å². The van der Waals surface area contributed by atoms with E-state index >= 15 is 0 Å². The van der Waals surface area contributed by atoms with E-state index in [1.165, 1.54) is 24.2 Å². The zero-order chi connectivity index (χ0) is 23.4. The van der Waals surface area contributed by atoms with E-state index in [0.717, 1.165) is 12.2 Å². The van der Waals surface area contributed by atoms with Crippen LogP contribution in [0.1, 0.15) is 22.5 Å². The number of carbonyl (C=O) groups is 3. The Bertz CT molecular complexity index is 1010. The van der Waals surface area contributed by atoms with Gasteiger partial charge in [0.25, 0.3) is 11.8 Å². The second-order valence-corrected chi connectivity index (χ2v) is 10.1. The minimum Gasteiger partial charge on any atom is -0.370 e. The molecule has 0 unspecified atom stereocenters. The molecule has 1 saturated carbocycles. The normalized spacial score (nSPS) is 17.2. The number of anilines is 2. The quantitative estimate of drug-likeness (QED) is 0.564. The van der Waals surface area contributed by atoms with Crippen molar-refractivity contribution in [3.8, 4) is 0 Å². The van der Waals surface area contributed by atoms with Gasteiger partial charge in [0.2, 0.25) is 5.91 Å². The first-order valence-electron chi connectivity index (χ1n) is 10.9. The summed E-state index contributed by atoms with van der Waals surface area (Å²) in [7, 11) is 1.91. The predicted octanol–water partition coefficient (Wildman–Crippen LogP) is 2.84. The van der Waals surface area contributed by atoms with Crippen molar-refractivity contribution in [3.63, 3.8) is 0 Å². The Morgan fingerprint density at radius 2 is 2.00 bits per heavy atom. The summed E-state index contributed by atoms with van der Waals surface area (Å²) in [5, 5.41) is 5.81. The lowest BCUT2D eigenvalue weighted by molar-refractivity contribution is -0.125. The summed E-state index contributed by atoms with van der Waals surface area (Å²) in [4.78, 5) is 41.8. The highest BCUT2D eigenvalue weighted by Gasteiger charge is 2.30. The molecule has 1 atom stereocenters. The highest BCUT2D eigenvalue weighted by atomic mass is 35.5.